The van der Waals surface area contributed by atoms with Crippen LogP contribution in [-0.4, -0.2) is 35.8 Å². The summed E-state index contributed by atoms with van der Waals surface area (Å²) in [5.41, 5.74) is 0. The summed E-state index contributed by atoms with van der Waals surface area (Å²) in [5, 5.41) is 11.2. The van der Waals surface area contributed by atoms with E-state index in [0.717, 1.165) is 19.3 Å². The van der Waals surface area contributed by atoms with E-state index in [4.69, 9.17) is 5.26 Å². The Morgan fingerprint density at radius 3 is 2.53 bits per heavy atom. The van der Waals surface area contributed by atoms with E-state index in [1.54, 1.807) is 0 Å². The molecular formula is C10H13N3O2. The molecule has 2 amide bonds. The zero-order valence-corrected chi connectivity index (χ0v) is 8.40. The summed E-state index contributed by atoms with van der Waals surface area (Å²) in [7, 11) is 0. The van der Waals surface area contributed by atoms with E-state index >= 15 is 0 Å². The van der Waals surface area contributed by atoms with Gasteiger partial charge in [0.05, 0.1) is 25.1 Å². The number of hydrogen-bond donors (Lipinski definition) is 1. The number of amides is 2. The second-order valence-corrected chi connectivity index (χ2v) is 4.11. The Kier molecular flexibility index (Phi) is 2.69. The third-order valence-electron chi connectivity index (χ3n) is 3.09. The van der Waals surface area contributed by atoms with E-state index in [0.29, 0.717) is 0 Å². The van der Waals surface area contributed by atoms with Crippen molar-refractivity contribution in [2.24, 2.45) is 5.92 Å². The molecule has 0 aromatic carbocycles. The van der Waals surface area contributed by atoms with E-state index in [-0.39, 0.29) is 36.9 Å². The first kappa shape index (κ1) is 10.1. The zero-order valence-electron chi connectivity index (χ0n) is 8.40. The van der Waals surface area contributed by atoms with Crippen molar-refractivity contribution in [1.29, 1.82) is 5.26 Å². The third-order valence-corrected chi connectivity index (χ3v) is 3.09. The number of rotatable bonds is 1. The number of piperazine rings is 1. The Balaban J connectivity index is 2.06. The first-order valence-corrected chi connectivity index (χ1v) is 5.17. The van der Waals surface area contributed by atoms with Gasteiger partial charge in [0.15, 0.2) is 0 Å². The number of nitrogens with one attached hydrogen (secondary N) is 1. The molecule has 1 saturated carbocycles. The number of imide groups is 1. The fraction of sp³-hybridized carbons (Fsp3) is 0.700. The maximum atomic E-state index is 11.2. The van der Waals surface area contributed by atoms with E-state index in [9.17, 15) is 9.59 Å². The Bertz CT molecular complexity index is 318. The molecule has 2 unspecified atom stereocenters. The maximum absolute atomic E-state index is 11.2. The molecule has 0 bridgehead atoms. The fourth-order valence-corrected chi connectivity index (χ4v) is 2.42. The average Bonchev–Trinajstić information content (AvgIpc) is 2.63. The summed E-state index contributed by atoms with van der Waals surface area (Å²) in [6.45, 7) is 0.489. The third kappa shape index (κ3) is 2.00. The van der Waals surface area contributed by atoms with Gasteiger partial charge in [0.2, 0.25) is 11.8 Å². The van der Waals surface area contributed by atoms with Crippen LogP contribution in [0.1, 0.15) is 19.3 Å². The van der Waals surface area contributed by atoms with Crippen LogP contribution in [0.4, 0.5) is 0 Å². The van der Waals surface area contributed by atoms with Gasteiger partial charge in [-0.15, -0.1) is 0 Å². The zero-order chi connectivity index (χ0) is 10.8. The fourth-order valence-electron chi connectivity index (χ4n) is 2.42. The van der Waals surface area contributed by atoms with Crippen molar-refractivity contribution in [1.82, 2.24) is 10.2 Å². The lowest BCUT2D eigenvalue weighted by atomic mass is 10.0. The molecule has 2 aliphatic rings. The van der Waals surface area contributed by atoms with Crippen LogP contribution in [0.2, 0.25) is 0 Å². The summed E-state index contributed by atoms with van der Waals surface area (Å²) in [6, 6.07) is 2.34. The van der Waals surface area contributed by atoms with Crippen molar-refractivity contribution in [3.63, 3.8) is 0 Å². The summed E-state index contributed by atoms with van der Waals surface area (Å²) >= 11 is 0. The van der Waals surface area contributed by atoms with Gasteiger partial charge < -0.3 is 0 Å². The molecule has 1 N–H and O–H groups in total. The average molecular weight is 207 g/mol. The van der Waals surface area contributed by atoms with Crippen molar-refractivity contribution in [3.8, 4) is 6.07 Å². The topological polar surface area (TPSA) is 73.2 Å². The van der Waals surface area contributed by atoms with Crippen molar-refractivity contribution < 1.29 is 9.59 Å². The Hall–Kier alpha value is -1.41. The van der Waals surface area contributed by atoms with Crippen LogP contribution < -0.4 is 5.32 Å². The molecule has 1 aliphatic heterocycles. The molecule has 1 saturated heterocycles. The van der Waals surface area contributed by atoms with Crippen LogP contribution in [0.5, 0.6) is 0 Å². The van der Waals surface area contributed by atoms with Gasteiger partial charge in [0.1, 0.15) is 0 Å². The van der Waals surface area contributed by atoms with Crippen molar-refractivity contribution in [2.75, 3.05) is 13.1 Å². The van der Waals surface area contributed by atoms with Crippen LogP contribution in [0.15, 0.2) is 0 Å². The van der Waals surface area contributed by atoms with E-state index < -0.39 is 0 Å². The van der Waals surface area contributed by atoms with Gasteiger partial charge in [0, 0.05) is 6.04 Å². The molecule has 5 heteroatoms. The van der Waals surface area contributed by atoms with Crippen LogP contribution in [0.25, 0.3) is 0 Å². The normalized spacial score (nSPS) is 32.5. The molecule has 0 radical (unpaired) electrons. The predicted octanol–water partition coefficient (Wildman–Crippen LogP) is -0.363. The van der Waals surface area contributed by atoms with Crippen molar-refractivity contribution in [3.05, 3.63) is 0 Å². The van der Waals surface area contributed by atoms with E-state index in [2.05, 4.69) is 11.4 Å². The summed E-state index contributed by atoms with van der Waals surface area (Å²) in [4.78, 5) is 24.2. The lowest BCUT2D eigenvalue weighted by Gasteiger charge is -2.32. The molecule has 0 aromatic rings. The molecule has 80 valence electrons. The van der Waals surface area contributed by atoms with Crippen molar-refractivity contribution in [2.45, 2.75) is 25.3 Å². The first-order valence-electron chi connectivity index (χ1n) is 5.17. The smallest absolute Gasteiger partial charge is 0.240 e. The SMILES string of the molecule is N#CC1CCCC1N1CC(=O)NC(=O)C1. The Labute approximate surface area is 88.0 Å². The lowest BCUT2D eigenvalue weighted by Crippen LogP contribution is -2.55. The molecule has 0 aromatic heterocycles. The van der Waals surface area contributed by atoms with Gasteiger partial charge in [-0.2, -0.15) is 5.26 Å². The minimum Gasteiger partial charge on any atom is -0.294 e. The highest BCUT2D eigenvalue weighted by Crippen LogP contribution is 2.29. The van der Waals surface area contributed by atoms with Crippen molar-refractivity contribution >= 4 is 11.8 Å². The van der Waals surface area contributed by atoms with Gasteiger partial charge in [0.25, 0.3) is 0 Å². The number of carbonyl (C=O) groups excluding carboxylic acids is 2. The Morgan fingerprint density at radius 2 is 1.93 bits per heavy atom. The molecule has 2 fully saturated rings. The standard InChI is InChI=1S/C10H13N3O2/c11-4-7-2-1-3-8(7)13-5-9(14)12-10(15)6-13/h7-8H,1-3,5-6H2,(H,12,14,15). The molecule has 15 heavy (non-hydrogen) atoms. The summed E-state index contributed by atoms with van der Waals surface area (Å²) in [5.74, 6) is -0.534. The number of hydrogen-bond acceptors (Lipinski definition) is 4. The van der Waals surface area contributed by atoms with Crippen LogP contribution in [0.3, 0.4) is 0 Å². The van der Waals surface area contributed by atoms with Gasteiger partial charge in [-0.1, -0.05) is 6.42 Å². The largest absolute Gasteiger partial charge is 0.294 e. The van der Waals surface area contributed by atoms with Gasteiger partial charge in [-0.3, -0.25) is 19.8 Å². The van der Waals surface area contributed by atoms with Crippen LogP contribution in [-0.2, 0) is 9.59 Å². The molecule has 1 heterocycles. The summed E-state index contributed by atoms with van der Waals surface area (Å²) in [6.07, 6.45) is 2.81. The highest BCUT2D eigenvalue weighted by atomic mass is 16.2. The van der Waals surface area contributed by atoms with E-state index in [1.165, 1.54) is 0 Å². The van der Waals surface area contributed by atoms with E-state index in [1.807, 2.05) is 4.90 Å². The van der Waals surface area contributed by atoms with Gasteiger partial charge in [-0.05, 0) is 12.8 Å². The molecule has 2 rings (SSSR count). The first-order chi connectivity index (χ1) is 7.20. The van der Waals surface area contributed by atoms with Crippen LogP contribution >= 0.6 is 0 Å². The highest BCUT2D eigenvalue weighted by Gasteiger charge is 2.36. The molecule has 5 nitrogen and oxygen atoms in total. The Morgan fingerprint density at radius 1 is 1.27 bits per heavy atom. The molecule has 1 aliphatic carbocycles. The van der Waals surface area contributed by atoms with Crippen LogP contribution in [0, 0.1) is 17.2 Å². The van der Waals surface area contributed by atoms with Gasteiger partial charge >= 0.3 is 0 Å². The molecular weight excluding hydrogens is 194 g/mol. The number of nitrogens with zero attached hydrogens (tertiary/aromatic N) is 2. The highest BCUT2D eigenvalue weighted by molar-refractivity contribution is 5.99. The minimum absolute atomic E-state index is 0.0244. The lowest BCUT2D eigenvalue weighted by molar-refractivity contribution is -0.137. The minimum atomic E-state index is -0.255. The predicted molar refractivity (Wildman–Crippen MR) is 51.5 cm³/mol. The second-order valence-electron chi connectivity index (χ2n) is 4.11. The second kappa shape index (κ2) is 3.99. The van der Waals surface area contributed by atoms with Gasteiger partial charge in [-0.25, -0.2) is 0 Å². The maximum Gasteiger partial charge on any atom is 0.240 e. The number of nitriles is 1. The molecule has 0 spiro atoms. The molecule has 2 atom stereocenters. The summed E-state index contributed by atoms with van der Waals surface area (Å²) < 4.78 is 0. The quantitative estimate of drug-likeness (QED) is 0.596. The number of carbonyl (C=O) groups is 2. The monoisotopic (exact) mass is 207 g/mol.